The molecule has 0 aliphatic carbocycles. The Balaban J connectivity index is 1.34. The molecule has 0 saturated heterocycles. The molecule has 1 heterocycles. The molecule has 30 heavy (non-hydrogen) atoms. The Morgan fingerprint density at radius 2 is 1.57 bits per heavy atom. The summed E-state index contributed by atoms with van der Waals surface area (Å²) >= 11 is 1.65. The second-order valence-electron chi connectivity index (χ2n) is 7.08. The summed E-state index contributed by atoms with van der Waals surface area (Å²) in [5.74, 6) is -0.971. The lowest BCUT2D eigenvalue weighted by Crippen LogP contribution is -2.41. The average Bonchev–Trinajstić information content (AvgIpc) is 2.78. The van der Waals surface area contributed by atoms with Gasteiger partial charge in [-0.1, -0.05) is 36.4 Å². The zero-order valence-electron chi connectivity index (χ0n) is 16.6. The van der Waals surface area contributed by atoms with Crippen LogP contribution in [-0.2, 0) is 16.1 Å². The van der Waals surface area contributed by atoms with E-state index in [0.717, 1.165) is 15.8 Å². The highest BCUT2D eigenvalue weighted by Crippen LogP contribution is 2.30. The van der Waals surface area contributed by atoms with Gasteiger partial charge in [0.2, 0.25) is 0 Å². The maximum atomic E-state index is 12.8. The molecular formula is C24H21NO4S. The lowest BCUT2D eigenvalue weighted by molar-refractivity contribution is -0.145. The first-order valence-electron chi connectivity index (χ1n) is 9.75. The first-order chi connectivity index (χ1) is 14.6. The minimum absolute atomic E-state index is 0.145. The number of esters is 1. The topological polar surface area (TPSA) is 63.7 Å². The highest BCUT2D eigenvalue weighted by Gasteiger charge is 2.32. The summed E-state index contributed by atoms with van der Waals surface area (Å²) in [5, 5.41) is 1.58. The molecule has 1 aliphatic heterocycles. The van der Waals surface area contributed by atoms with Crippen molar-refractivity contribution in [1.29, 1.82) is 0 Å². The summed E-state index contributed by atoms with van der Waals surface area (Å²) in [7, 11) is 0. The van der Waals surface area contributed by atoms with Crippen molar-refractivity contribution in [3.8, 4) is 0 Å². The summed E-state index contributed by atoms with van der Waals surface area (Å²) < 4.78 is 5.31. The molecule has 0 aromatic heterocycles. The van der Waals surface area contributed by atoms with Gasteiger partial charge in [0.15, 0.2) is 0 Å². The van der Waals surface area contributed by atoms with Crippen molar-refractivity contribution in [2.45, 2.75) is 24.3 Å². The molecule has 0 saturated carbocycles. The van der Waals surface area contributed by atoms with Gasteiger partial charge in [0, 0.05) is 34.4 Å². The minimum atomic E-state index is -0.344. The second kappa shape index (κ2) is 8.71. The third-order valence-electron chi connectivity index (χ3n) is 5.18. The quantitative estimate of drug-likeness (QED) is 0.316. The molecular weight excluding hydrogens is 398 g/mol. The average molecular weight is 420 g/mol. The Bertz CT molecular complexity index is 1070. The number of nitrogens with zero attached hydrogens (tertiary/aromatic N) is 1. The molecule has 3 aromatic rings. The number of carbonyl (C=O) groups excluding carboxylic acids is 3. The number of thioether (sulfide) groups is 1. The molecule has 0 spiro atoms. The van der Waals surface area contributed by atoms with Crippen molar-refractivity contribution in [1.82, 2.24) is 4.90 Å². The molecule has 0 bridgehead atoms. The second-order valence-corrected chi connectivity index (χ2v) is 7.96. The fourth-order valence-corrected chi connectivity index (χ4v) is 4.03. The Hall–Kier alpha value is -3.12. The van der Waals surface area contributed by atoms with Gasteiger partial charge in [-0.15, -0.1) is 11.8 Å². The van der Waals surface area contributed by atoms with Crippen molar-refractivity contribution < 1.29 is 19.1 Å². The van der Waals surface area contributed by atoms with Crippen LogP contribution >= 0.6 is 11.8 Å². The number of benzene rings is 3. The van der Waals surface area contributed by atoms with Crippen LogP contribution < -0.4 is 0 Å². The molecule has 3 aromatic carbocycles. The maximum absolute atomic E-state index is 12.8. The molecule has 2 amide bonds. The van der Waals surface area contributed by atoms with Crippen molar-refractivity contribution in [2.75, 3.05) is 12.8 Å². The third kappa shape index (κ3) is 3.96. The lowest BCUT2D eigenvalue weighted by Gasteiger charge is -2.27. The van der Waals surface area contributed by atoms with Gasteiger partial charge >= 0.3 is 5.97 Å². The van der Waals surface area contributed by atoms with Gasteiger partial charge in [0.25, 0.3) is 11.8 Å². The summed E-state index contributed by atoms with van der Waals surface area (Å²) in [4.78, 5) is 40.1. The SMILES string of the molecule is CSc1ccc(COC(=O)CCCN2C(=O)c3cccc4cccc(c34)C2=O)cc1. The molecule has 0 atom stereocenters. The van der Waals surface area contributed by atoms with E-state index >= 15 is 0 Å². The molecule has 152 valence electrons. The molecule has 0 radical (unpaired) electrons. The number of amides is 2. The normalized spacial score (nSPS) is 13.0. The van der Waals surface area contributed by atoms with E-state index in [0.29, 0.717) is 22.9 Å². The zero-order valence-corrected chi connectivity index (χ0v) is 17.4. The van der Waals surface area contributed by atoms with E-state index in [4.69, 9.17) is 4.74 Å². The van der Waals surface area contributed by atoms with E-state index in [9.17, 15) is 14.4 Å². The number of imide groups is 1. The standard InChI is InChI=1S/C24H21NO4S/c1-30-18-12-10-16(11-13-18)15-29-21(26)9-4-14-25-23(27)19-7-2-5-17-6-3-8-20(22(17)19)24(25)28/h2-3,5-8,10-13H,4,9,14-15H2,1H3. The van der Waals surface area contributed by atoms with Crippen molar-refractivity contribution in [3.05, 3.63) is 77.4 Å². The monoisotopic (exact) mass is 419 g/mol. The fourth-order valence-electron chi connectivity index (χ4n) is 3.62. The van der Waals surface area contributed by atoms with Crippen molar-refractivity contribution in [2.24, 2.45) is 0 Å². The minimum Gasteiger partial charge on any atom is -0.461 e. The molecule has 6 heteroatoms. The predicted octanol–water partition coefficient (Wildman–Crippen LogP) is 4.68. The van der Waals surface area contributed by atoms with Gasteiger partial charge in [0.1, 0.15) is 6.61 Å². The summed E-state index contributed by atoms with van der Waals surface area (Å²) in [6, 6.07) is 18.7. The highest BCUT2D eigenvalue weighted by molar-refractivity contribution is 7.98. The Kier molecular flexibility index (Phi) is 5.86. The number of ether oxygens (including phenoxy) is 1. The predicted molar refractivity (Wildman–Crippen MR) is 117 cm³/mol. The van der Waals surface area contributed by atoms with Crippen molar-refractivity contribution >= 4 is 40.3 Å². The van der Waals surface area contributed by atoms with E-state index in [1.54, 1.807) is 23.9 Å². The largest absolute Gasteiger partial charge is 0.461 e. The van der Waals surface area contributed by atoms with Crippen LogP contribution in [-0.4, -0.2) is 35.5 Å². The maximum Gasteiger partial charge on any atom is 0.306 e. The van der Waals surface area contributed by atoms with Crippen LogP contribution in [0.15, 0.2) is 65.6 Å². The van der Waals surface area contributed by atoms with E-state index < -0.39 is 0 Å². The van der Waals surface area contributed by atoms with E-state index in [1.807, 2.05) is 54.8 Å². The number of carbonyl (C=O) groups is 3. The molecule has 0 fully saturated rings. The number of hydrogen-bond acceptors (Lipinski definition) is 5. The van der Waals surface area contributed by atoms with Crippen LogP contribution in [0.4, 0.5) is 0 Å². The first kappa shape index (κ1) is 20.2. The van der Waals surface area contributed by atoms with Crippen LogP contribution in [0.2, 0.25) is 0 Å². The van der Waals surface area contributed by atoms with Crippen molar-refractivity contribution in [3.63, 3.8) is 0 Å². The van der Waals surface area contributed by atoms with Gasteiger partial charge in [-0.3, -0.25) is 19.3 Å². The Labute approximate surface area is 179 Å². The number of rotatable bonds is 7. The van der Waals surface area contributed by atoms with Crippen LogP contribution in [0.3, 0.4) is 0 Å². The molecule has 5 nitrogen and oxygen atoms in total. The Morgan fingerprint density at radius 3 is 2.17 bits per heavy atom. The summed E-state index contributed by atoms with van der Waals surface area (Å²) in [6.07, 6.45) is 2.51. The summed E-state index contributed by atoms with van der Waals surface area (Å²) in [6.45, 7) is 0.393. The van der Waals surface area contributed by atoms with Gasteiger partial charge in [-0.05, 0) is 47.9 Å². The molecule has 4 rings (SSSR count). The lowest BCUT2D eigenvalue weighted by atomic mass is 9.94. The van der Waals surface area contributed by atoms with E-state index in [2.05, 4.69) is 0 Å². The molecule has 0 unspecified atom stereocenters. The number of hydrogen-bond donors (Lipinski definition) is 0. The Morgan fingerprint density at radius 1 is 0.933 bits per heavy atom. The first-order valence-corrected chi connectivity index (χ1v) is 11.0. The van der Waals surface area contributed by atoms with Gasteiger partial charge in [-0.25, -0.2) is 0 Å². The molecule has 1 aliphatic rings. The van der Waals surface area contributed by atoms with E-state index in [-0.39, 0.29) is 37.4 Å². The highest BCUT2D eigenvalue weighted by atomic mass is 32.2. The molecule has 0 N–H and O–H groups in total. The van der Waals surface area contributed by atoms with Gasteiger partial charge in [-0.2, -0.15) is 0 Å². The zero-order chi connectivity index (χ0) is 21.1. The summed E-state index contributed by atoms with van der Waals surface area (Å²) in [5.41, 5.74) is 1.98. The van der Waals surface area contributed by atoms with Gasteiger partial charge in [0.05, 0.1) is 0 Å². The van der Waals surface area contributed by atoms with Crippen LogP contribution in [0.25, 0.3) is 10.8 Å². The van der Waals surface area contributed by atoms with Crippen LogP contribution in [0, 0.1) is 0 Å². The van der Waals surface area contributed by atoms with Crippen LogP contribution in [0.1, 0.15) is 39.1 Å². The fraction of sp³-hybridized carbons (Fsp3) is 0.208. The third-order valence-corrected chi connectivity index (χ3v) is 5.92. The van der Waals surface area contributed by atoms with Gasteiger partial charge < -0.3 is 4.74 Å². The van der Waals surface area contributed by atoms with Crippen LogP contribution in [0.5, 0.6) is 0 Å². The smallest absolute Gasteiger partial charge is 0.306 e. The van der Waals surface area contributed by atoms with E-state index in [1.165, 1.54) is 4.90 Å².